The lowest BCUT2D eigenvalue weighted by molar-refractivity contribution is 0.0996. The Morgan fingerprint density at radius 2 is 1.75 bits per heavy atom. The third-order valence-corrected chi connectivity index (χ3v) is 5.33. The van der Waals surface area contributed by atoms with Crippen molar-refractivity contribution in [3.8, 4) is 0 Å². The first-order valence-corrected chi connectivity index (χ1v) is 10.3. The normalized spacial score (nSPS) is 10.7. The number of aromatic nitrogens is 2. The average Bonchev–Trinajstić information content (AvgIpc) is 3.21. The largest absolute Gasteiger partial charge is 0.465 e. The Morgan fingerprint density at radius 3 is 2.47 bits per heavy atom. The zero-order chi connectivity index (χ0) is 22.8. The summed E-state index contributed by atoms with van der Waals surface area (Å²) in [5.74, 6) is -0.597. The van der Waals surface area contributed by atoms with Crippen molar-refractivity contribution in [3.63, 3.8) is 0 Å². The van der Waals surface area contributed by atoms with E-state index in [9.17, 15) is 14.4 Å². The van der Waals surface area contributed by atoms with Crippen molar-refractivity contribution in [2.45, 2.75) is 0 Å². The summed E-state index contributed by atoms with van der Waals surface area (Å²) in [5.41, 5.74) is 2.46. The van der Waals surface area contributed by atoms with Crippen LogP contribution in [0, 0.1) is 0 Å². The van der Waals surface area contributed by atoms with E-state index >= 15 is 0 Å². The van der Waals surface area contributed by atoms with E-state index in [0.717, 1.165) is 9.37 Å². The molecular weight excluding hydrogens is 476 g/mol. The lowest BCUT2D eigenvalue weighted by atomic mass is 9.97. The van der Waals surface area contributed by atoms with Gasteiger partial charge in [-0.1, -0.05) is 40.2 Å². The molecule has 160 valence electrons. The molecule has 2 amide bonds. The summed E-state index contributed by atoms with van der Waals surface area (Å²) < 4.78 is 0.820. The number of aromatic amines is 1. The number of fused-ring (bicyclic) bond motifs is 1. The van der Waals surface area contributed by atoms with Crippen LogP contribution in [0.1, 0.15) is 26.3 Å². The lowest BCUT2D eigenvalue weighted by Gasteiger charge is -2.10. The Balaban J connectivity index is 1.65. The summed E-state index contributed by atoms with van der Waals surface area (Å²) in [6.07, 6.45) is -1.16. The van der Waals surface area contributed by atoms with Gasteiger partial charge in [0.1, 0.15) is 0 Å². The van der Waals surface area contributed by atoms with E-state index in [1.807, 2.05) is 6.07 Å². The standard InChI is InChI=1S/C23H17BrN4O4/c1-28(23(31)32)22-26-18-10-9-13(11-19(18)27-22)20(29)16-7-2-3-8-17(16)21(30)25-15-6-4-5-14(24)12-15/h2-12H,1H3,(H,25,30)(H,26,27)(H,31,32). The summed E-state index contributed by atoms with van der Waals surface area (Å²) in [5, 5.41) is 11.9. The van der Waals surface area contributed by atoms with Gasteiger partial charge in [-0.05, 0) is 42.5 Å². The zero-order valence-electron chi connectivity index (χ0n) is 16.8. The molecular formula is C23H17BrN4O4. The van der Waals surface area contributed by atoms with Crippen LogP contribution < -0.4 is 10.2 Å². The van der Waals surface area contributed by atoms with Crippen LogP contribution in [0.2, 0.25) is 0 Å². The van der Waals surface area contributed by atoms with Crippen LogP contribution in [0.4, 0.5) is 16.4 Å². The number of hydrogen-bond acceptors (Lipinski definition) is 4. The highest BCUT2D eigenvalue weighted by Gasteiger charge is 2.20. The van der Waals surface area contributed by atoms with E-state index in [0.29, 0.717) is 22.3 Å². The first-order chi connectivity index (χ1) is 15.3. The van der Waals surface area contributed by atoms with Crippen LogP contribution >= 0.6 is 15.9 Å². The molecule has 3 N–H and O–H groups in total. The van der Waals surface area contributed by atoms with E-state index in [2.05, 4.69) is 31.2 Å². The van der Waals surface area contributed by atoms with Gasteiger partial charge in [0.2, 0.25) is 5.95 Å². The molecule has 0 unspecified atom stereocenters. The summed E-state index contributed by atoms with van der Waals surface area (Å²) >= 11 is 3.37. The van der Waals surface area contributed by atoms with Crippen molar-refractivity contribution >= 4 is 56.4 Å². The maximum atomic E-state index is 13.2. The molecule has 1 aromatic heterocycles. The number of nitrogens with zero attached hydrogens (tertiary/aromatic N) is 2. The van der Waals surface area contributed by atoms with E-state index in [4.69, 9.17) is 5.11 Å². The summed E-state index contributed by atoms with van der Waals surface area (Å²) in [7, 11) is 1.37. The van der Waals surface area contributed by atoms with Gasteiger partial charge in [-0.25, -0.2) is 9.78 Å². The molecule has 0 bridgehead atoms. The minimum Gasteiger partial charge on any atom is -0.465 e. The van der Waals surface area contributed by atoms with E-state index in [-0.39, 0.29) is 22.9 Å². The molecule has 3 aromatic carbocycles. The second kappa shape index (κ2) is 8.64. The first-order valence-electron chi connectivity index (χ1n) is 9.50. The predicted molar refractivity (Wildman–Crippen MR) is 124 cm³/mol. The number of nitrogens with one attached hydrogen (secondary N) is 2. The smallest absolute Gasteiger partial charge is 0.413 e. The SMILES string of the molecule is CN(C(=O)O)c1nc2ccc(C(=O)c3ccccc3C(=O)Nc3cccc(Br)c3)cc2[nH]1. The van der Waals surface area contributed by atoms with Crippen molar-refractivity contribution in [2.75, 3.05) is 17.3 Å². The van der Waals surface area contributed by atoms with Gasteiger partial charge in [-0.2, -0.15) is 0 Å². The molecule has 0 radical (unpaired) electrons. The molecule has 0 fully saturated rings. The van der Waals surface area contributed by atoms with Gasteiger partial charge >= 0.3 is 6.09 Å². The third-order valence-electron chi connectivity index (χ3n) is 4.84. The fourth-order valence-corrected chi connectivity index (χ4v) is 3.59. The average molecular weight is 493 g/mol. The van der Waals surface area contributed by atoms with Crippen molar-refractivity contribution in [2.24, 2.45) is 0 Å². The minimum atomic E-state index is -1.16. The minimum absolute atomic E-state index is 0.144. The van der Waals surface area contributed by atoms with Gasteiger partial charge in [0.25, 0.3) is 5.91 Å². The van der Waals surface area contributed by atoms with Gasteiger partial charge in [-0.15, -0.1) is 0 Å². The highest BCUT2D eigenvalue weighted by Crippen LogP contribution is 2.22. The summed E-state index contributed by atoms with van der Waals surface area (Å²) in [4.78, 5) is 45.3. The fourth-order valence-electron chi connectivity index (χ4n) is 3.19. The fraction of sp³-hybridized carbons (Fsp3) is 0.0435. The van der Waals surface area contributed by atoms with E-state index < -0.39 is 12.0 Å². The van der Waals surface area contributed by atoms with Crippen molar-refractivity contribution in [1.29, 1.82) is 0 Å². The molecule has 0 saturated heterocycles. The Morgan fingerprint density at radius 1 is 1.00 bits per heavy atom. The Labute approximate surface area is 191 Å². The number of H-pyrrole nitrogens is 1. The number of anilines is 2. The predicted octanol–water partition coefficient (Wildman–Crippen LogP) is 4.92. The molecule has 4 aromatic rings. The summed E-state index contributed by atoms with van der Waals surface area (Å²) in [6.45, 7) is 0. The zero-order valence-corrected chi connectivity index (χ0v) is 18.4. The number of benzene rings is 3. The van der Waals surface area contributed by atoms with Crippen molar-refractivity contribution in [3.05, 3.63) is 87.9 Å². The van der Waals surface area contributed by atoms with Gasteiger partial charge in [0.05, 0.1) is 16.6 Å². The Hall–Kier alpha value is -3.98. The van der Waals surface area contributed by atoms with E-state index in [1.54, 1.807) is 60.7 Å². The molecule has 8 nitrogen and oxygen atoms in total. The lowest BCUT2D eigenvalue weighted by Crippen LogP contribution is -2.24. The number of halogens is 1. The summed E-state index contributed by atoms with van der Waals surface area (Å²) in [6, 6.07) is 18.6. The number of rotatable bonds is 5. The Bertz CT molecular complexity index is 1370. The molecule has 0 aliphatic rings. The maximum Gasteiger partial charge on any atom is 0.413 e. The molecule has 0 atom stereocenters. The molecule has 32 heavy (non-hydrogen) atoms. The molecule has 0 aliphatic carbocycles. The number of carbonyl (C=O) groups is 3. The number of imidazole rings is 1. The monoisotopic (exact) mass is 492 g/mol. The van der Waals surface area contributed by atoms with E-state index in [1.165, 1.54) is 7.05 Å². The second-order valence-electron chi connectivity index (χ2n) is 6.97. The topological polar surface area (TPSA) is 115 Å². The molecule has 0 aliphatic heterocycles. The molecule has 0 saturated carbocycles. The molecule has 0 spiro atoms. The van der Waals surface area contributed by atoms with Crippen LogP contribution in [-0.2, 0) is 0 Å². The highest BCUT2D eigenvalue weighted by molar-refractivity contribution is 9.10. The van der Waals surface area contributed by atoms with Crippen LogP contribution in [0.15, 0.2) is 71.2 Å². The number of carboxylic acid groups (broad SMARTS) is 1. The van der Waals surface area contributed by atoms with Gasteiger partial charge < -0.3 is 15.4 Å². The van der Waals surface area contributed by atoms with Crippen molar-refractivity contribution < 1.29 is 19.5 Å². The van der Waals surface area contributed by atoms with Gasteiger partial charge in [0, 0.05) is 28.3 Å². The van der Waals surface area contributed by atoms with Gasteiger partial charge in [-0.3, -0.25) is 14.5 Å². The molecule has 9 heteroatoms. The van der Waals surface area contributed by atoms with Crippen LogP contribution in [-0.4, -0.2) is 39.9 Å². The number of ketones is 1. The number of carbonyl (C=O) groups excluding carboxylic acids is 2. The van der Waals surface area contributed by atoms with Crippen LogP contribution in [0.3, 0.4) is 0 Å². The molecule has 1 heterocycles. The highest BCUT2D eigenvalue weighted by atomic mass is 79.9. The van der Waals surface area contributed by atoms with Crippen molar-refractivity contribution in [1.82, 2.24) is 9.97 Å². The number of hydrogen-bond donors (Lipinski definition) is 3. The number of amides is 2. The van der Waals surface area contributed by atoms with Crippen LogP contribution in [0.25, 0.3) is 11.0 Å². The maximum absolute atomic E-state index is 13.2. The second-order valence-corrected chi connectivity index (χ2v) is 7.89. The van der Waals surface area contributed by atoms with Crippen LogP contribution in [0.5, 0.6) is 0 Å². The Kier molecular flexibility index (Phi) is 5.74. The third kappa shape index (κ3) is 4.23. The molecule has 4 rings (SSSR count). The van der Waals surface area contributed by atoms with Gasteiger partial charge in [0.15, 0.2) is 5.78 Å². The quantitative estimate of drug-likeness (QED) is 0.342. The first kappa shape index (κ1) is 21.3.